The van der Waals surface area contributed by atoms with Crippen molar-refractivity contribution < 1.29 is 13.2 Å². The van der Waals surface area contributed by atoms with Gasteiger partial charge in [0.25, 0.3) is 0 Å². The molecule has 0 spiro atoms. The summed E-state index contributed by atoms with van der Waals surface area (Å²) in [5.74, 6) is -0.0285. The summed E-state index contributed by atoms with van der Waals surface area (Å²) in [4.78, 5) is 16.1. The van der Waals surface area contributed by atoms with E-state index in [9.17, 15) is 13.2 Å². The SMILES string of the molecule is NCCc1c(S(=O)(=O)c2ccccc2)[nH]c2ccc(-c3ccc(C(=O)c4ccccc4)cc3)cc12. The summed E-state index contributed by atoms with van der Waals surface area (Å²) in [6.45, 7) is 0.324. The van der Waals surface area contributed by atoms with Crippen LogP contribution in [0.3, 0.4) is 0 Å². The van der Waals surface area contributed by atoms with E-state index in [1.165, 1.54) is 0 Å². The van der Waals surface area contributed by atoms with Gasteiger partial charge in [0.05, 0.1) is 4.90 Å². The number of benzene rings is 4. The minimum Gasteiger partial charge on any atom is -0.345 e. The molecule has 5 rings (SSSR count). The Balaban J connectivity index is 1.54. The quantitative estimate of drug-likeness (QED) is 0.305. The number of rotatable bonds is 7. The van der Waals surface area contributed by atoms with Gasteiger partial charge in [-0.25, -0.2) is 8.42 Å². The summed E-state index contributed by atoms with van der Waals surface area (Å²) in [6, 6.07) is 30.8. The molecule has 174 valence electrons. The van der Waals surface area contributed by atoms with Crippen LogP contribution in [0.15, 0.2) is 113 Å². The molecular weight excluding hydrogens is 456 g/mol. The molecule has 0 atom stereocenters. The lowest BCUT2D eigenvalue weighted by Crippen LogP contribution is -2.09. The van der Waals surface area contributed by atoms with E-state index in [0.717, 1.165) is 22.0 Å². The number of ketones is 1. The minimum atomic E-state index is -3.72. The first-order valence-corrected chi connectivity index (χ1v) is 12.8. The summed E-state index contributed by atoms with van der Waals surface area (Å²) < 4.78 is 26.7. The van der Waals surface area contributed by atoms with Gasteiger partial charge in [0.1, 0.15) is 5.03 Å². The van der Waals surface area contributed by atoms with Gasteiger partial charge in [-0.3, -0.25) is 4.79 Å². The fourth-order valence-corrected chi connectivity index (χ4v) is 5.84. The molecule has 3 N–H and O–H groups in total. The summed E-state index contributed by atoms with van der Waals surface area (Å²) in [7, 11) is -3.72. The van der Waals surface area contributed by atoms with Gasteiger partial charge < -0.3 is 10.7 Å². The lowest BCUT2D eigenvalue weighted by molar-refractivity contribution is 0.103. The largest absolute Gasteiger partial charge is 0.345 e. The predicted octanol–water partition coefficient (Wildman–Crippen LogP) is 5.40. The predicted molar refractivity (Wildman–Crippen MR) is 138 cm³/mol. The molecule has 0 aliphatic heterocycles. The van der Waals surface area contributed by atoms with E-state index in [1.54, 1.807) is 42.5 Å². The molecule has 0 fully saturated rings. The summed E-state index contributed by atoms with van der Waals surface area (Å²) in [5.41, 5.74) is 10.4. The molecule has 0 bridgehead atoms. The summed E-state index contributed by atoms with van der Waals surface area (Å²) >= 11 is 0. The number of hydrogen-bond acceptors (Lipinski definition) is 4. The Labute approximate surface area is 204 Å². The lowest BCUT2D eigenvalue weighted by Gasteiger charge is -2.07. The van der Waals surface area contributed by atoms with Gasteiger partial charge >= 0.3 is 0 Å². The topological polar surface area (TPSA) is 93.0 Å². The van der Waals surface area contributed by atoms with E-state index in [1.807, 2.05) is 60.7 Å². The van der Waals surface area contributed by atoms with E-state index in [2.05, 4.69) is 4.98 Å². The highest BCUT2D eigenvalue weighted by Gasteiger charge is 2.25. The van der Waals surface area contributed by atoms with Crippen LogP contribution in [0.2, 0.25) is 0 Å². The molecule has 0 aliphatic rings. The molecular formula is C29H24N2O3S. The Morgan fingerprint density at radius 2 is 1.34 bits per heavy atom. The van der Waals surface area contributed by atoms with Gasteiger partial charge in [-0.1, -0.05) is 78.9 Å². The van der Waals surface area contributed by atoms with Crippen LogP contribution in [-0.2, 0) is 16.3 Å². The van der Waals surface area contributed by atoms with Gasteiger partial charge in [0.15, 0.2) is 5.78 Å². The number of aromatic nitrogens is 1. The van der Waals surface area contributed by atoms with Gasteiger partial charge in [0.2, 0.25) is 9.84 Å². The number of nitrogens with two attached hydrogens (primary N) is 1. The smallest absolute Gasteiger partial charge is 0.222 e. The van der Waals surface area contributed by atoms with Crippen LogP contribution in [0.4, 0.5) is 0 Å². The molecule has 0 aliphatic carbocycles. The van der Waals surface area contributed by atoms with E-state index in [-0.39, 0.29) is 15.7 Å². The van der Waals surface area contributed by atoms with Gasteiger partial charge in [0, 0.05) is 22.0 Å². The molecule has 0 saturated heterocycles. The first-order valence-electron chi connectivity index (χ1n) is 11.3. The van der Waals surface area contributed by atoms with Gasteiger partial charge in [-0.2, -0.15) is 0 Å². The normalized spacial score (nSPS) is 11.6. The molecule has 5 nitrogen and oxygen atoms in total. The second kappa shape index (κ2) is 9.33. The van der Waals surface area contributed by atoms with Crippen LogP contribution >= 0.6 is 0 Å². The second-order valence-electron chi connectivity index (χ2n) is 8.32. The van der Waals surface area contributed by atoms with Crippen LogP contribution in [0, 0.1) is 0 Å². The average molecular weight is 481 g/mol. The summed E-state index contributed by atoms with van der Waals surface area (Å²) in [6.07, 6.45) is 0.426. The van der Waals surface area contributed by atoms with E-state index in [0.29, 0.717) is 29.7 Å². The maximum absolute atomic E-state index is 13.4. The molecule has 0 amide bonds. The third kappa shape index (κ3) is 4.30. The number of H-pyrrole nitrogens is 1. The number of fused-ring (bicyclic) bond motifs is 1. The van der Waals surface area contributed by atoms with Crippen molar-refractivity contribution in [1.82, 2.24) is 4.98 Å². The maximum atomic E-state index is 13.4. The molecule has 0 saturated carbocycles. The second-order valence-corrected chi connectivity index (χ2v) is 10.2. The number of carbonyl (C=O) groups is 1. The van der Waals surface area contributed by atoms with Crippen LogP contribution in [0.5, 0.6) is 0 Å². The Morgan fingerprint density at radius 1 is 0.743 bits per heavy atom. The zero-order valence-electron chi connectivity index (χ0n) is 18.9. The number of carbonyl (C=O) groups excluding carboxylic acids is 1. The molecule has 1 aromatic heterocycles. The van der Waals surface area contributed by atoms with Crippen LogP contribution < -0.4 is 5.73 Å². The van der Waals surface area contributed by atoms with E-state index < -0.39 is 9.84 Å². The average Bonchev–Trinajstić information content (AvgIpc) is 3.28. The Bertz CT molecular complexity index is 1610. The third-order valence-corrected chi connectivity index (χ3v) is 7.88. The van der Waals surface area contributed by atoms with Crippen molar-refractivity contribution >= 4 is 26.5 Å². The van der Waals surface area contributed by atoms with Crippen molar-refractivity contribution in [1.29, 1.82) is 0 Å². The third-order valence-electron chi connectivity index (χ3n) is 6.10. The highest BCUT2D eigenvalue weighted by molar-refractivity contribution is 7.91. The van der Waals surface area contributed by atoms with Crippen molar-refractivity contribution in [2.24, 2.45) is 5.73 Å². The highest BCUT2D eigenvalue weighted by Crippen LogP contribution is 2.33. The fourth-order valence-electron chi connectivity index (χ4n) is 4.31. The zero-order valence-corrected chi connectivity index (χ0v) is 19.8. The van der Waals surface area contributed by atoms with Crippen LogP contribution in [0.1, 0.15) is 21.5 Å². The maximum Gasteiger partial charge on any atom is 0.222 e. The van der Waals surface area contributed by atoms with Crippen LogP contribution in [-0.4, -0.2) is 25.7 Å². The standard InChI is InChI=1S/C29H24N2O3S/c30-18-17-25-26-19-23(20-11-13-22(14-12-20)28(32)21-7-3-1-4-8-21)15-16-27(26)31-29(25)35(33,34)24-9-5-2-6-10-24/h1-16,19,31H,17-18,30H2. The molecule has 35 heavy (non-hydrogen) atoms. The Hall–Kier alpha value is -4.00. The molecule has 1 heterocycles. The van der Waals surface area contributed by atoms with Crippen molar-refractivity contribution in [3.8, 4) is 11.1 Å². The van der Waals surface area contributed by atoms with Crippen molar-refractivity contribution in [2.45, 2.75) is 16.3 Å². The van der Waals surface area contributed by atoms with Gasteiger partial charge in [-0.05, 0) is 53.9 Å². The Morgan fingerprint density at radius 3 is 2.00 bits per heavy atom. The van der Waals surface area contributed by atoms with Crippen molar-refractivity contribution in [2.75, 3.05) is 6.54 Å². The molecule has 0 unspecified atom stereocenters. The molecule has 5 aromatic rings. The Kier molecular flexibility index (Phi) is 6.07. The van der Waals surface area contributed by atoms with E-state index >= 15 is 0 Å². The highest BCUT2D eigenvalue weighted by atomic mass is 32.2. The van der Waals surface area contributed by atoms with Gasteiger partial charge in [-0.15, -0.1) is 0 Å². The molecule has 6 heteroatoms. The number of nitrogens with one attached hydrogen (secondary N) is 1. The number of hydrogen-bond donors (Lipinski definition) is 2. The first kappa shape index (κ1) is 22.8. The molecule has 0 radical (unpaired) electrons. The number of aromatic amines is 1. The van der Waals surface area contributed by atoms with E-state index in [4.69, 9.17) is 5.73 Å². The van der Waals surface area contributed by atoms with Crippen molar-refractivity contribution in [3.63, 3.8) is 0 Å². The minimum absolute atomic E-state index is 0.0285. The lowest BCUT2D eigenvalue weighted by atomic mass is 9.98. The zero-order chi connectivity index (χ0) is 24.4. The summed E-state index contributed by atoms with van der Waals surface area (Å²) in [5, 5.41) is 1.01. The van der Waals surface area contributed by atoms with Crippen LogP contribution in [0.25, 0.3) is 22.0 Å². The fraction of sp³-hybridized carbons (Fsp3) is 0.0690. The number of sulfone groups is 1. The molecule has 4 aromatic carbocycles. The van der Waals surface area contributed by atoms with Crippen molar-refractivity contribution in [3.05, 3.63) is 120 Å². The first-order chi connectivity index (χ1) is 17.0. The monoisotopic (exact) mass is 480 g/mol.